The summed E-state index contributed by atoms with van der Waals surface area (Å²) in [6, 6.07) is 7.21. The fraction of sp³-hybridized carbons (Fsp3) is 0.529. The highest BCUT2D eigenvalue weighted by atomic mass is 19.1. The summed E-state index contributed by atoms with van der Waals surface area (Å²) in [5, 5.41) is 18.7. The van der Waals surface area contributed by atoms with Crippen LogP contribution in [0.1, 0.15) is 48.6 Å². The van der Waals surface area contributed by atoms with E-state index >= 15 is 0 Å². The predicted molar refractivity (Wildman–Crippen MR) is 83.2 cm³/mol. The van der Waals surface area contributed by atoms with Gasteiger partial charge in [-0.15, -0.1) is 10.2 Å². The average molecular weight is 316 g/mol. The van der Waals surface area contributed by atoms with Gasteiger partial charge in [0.05, 0.1) is 12.6 Å². The summed E-state index contributed by atoms with van der Waals surface area (Å²) in [7, 11) is 0. The number of aryl methyl sites for hydroxylation is 1. The topological polar surface area (TPSA) is 54.2 Å². The van der Waals surface area contributed by atoms with E-state index in [1.165, 1.54) is 25.0 Å². The molecule has 1 saturated heterocycles. The SMILES string of the molecule is Cc1nnc(CN2C[C@H](O)C[C@H]2c2ccc(F)cc2)n1C1CC1. The Hall–Kier alpha value is -1.79. The second-order valence-corrected chi connectivity index (χ2v) is 6.65. The summed E-state index contributed by atoms with van der Waals surface area (Å²) < 4.78 is 15.4. The molecule has 23 heavy (non-hydrogen) atoms. The van der Waals surface area contributed by atoms with Crippen LogP contribution in [0.15, 0.2) is 24.3 Å². The highest BCUT2D eigenvalue weighted by Gasteiger charge is 2.35. The van der Waals surface area contributed by atoms with E-state index in [1.807, 2.05) is 19.1 Å². The van der Waals surface area contributed by atoms with Gasteiger partial charge < -0.3 is 9.67 Å². The molecule has 1 aliphatic carbocycles. The van der Waals surface area contributed by atoms with Gasteiger partial charge in [0.15, 0.2) is 0 Å². The van der Waals surface area contributed by atoms with Crippen molar-refractivity contribution in [3.05, 3.63) is 47.3 Å². The third kappa shape index (κ3) is 2.88. The summed E-state index contributed by atoms with van der Waals surface area (Å²) in [5.74, 6) is 1.69. The number of benzene rings is 1. The number of β-amino-alcohol motifs (C(OH)–C–C–N with tert-alkyl or cyclic N) is 1. The second kappa shape index (κ2) is 5.69. The van der Waals surface area contributed by atoms with E-state index in [4.69, 9.17) is 0 Å². The molecule has 0 bridgehead atoms. The van der Waals surface area contributed by atoms with Crippen LogP contribution >= 0.6 is 0 Å². The van der Waals surface area contributed by atoms with Crippen molar-refractivity contribution >= 4 is 0 Å². The molecule has 2 atom stereocenters. The van der Waals surface area contributed by atoms with E-state index in [0.29, 0.717) is 25.6 Å². The van der Waals surface area contributed by atoms with Crippen LogP contribution in [0, 0.1) is 12.7 Å². The first kappa shape index (κ1) is 14.8. The highest BCUT2D eigenvalue weighted by molar-refractivity contribution is 5.21. The summed E-state index contributed by atoms with van der Waals surface area (Å²) in [5.41, 5.74) is 1.04. The molecule has 2 aromatic rings. The van der Waals surface area contributed by atoms with Crippen molar-refractivity contribution in [2.75, 3.05) is 6.54 Å². The number of aliphatic hydroxyl groups is 1. The number of halogens is 1. The van der Waals surface area contributed by atoms with Gasteiger partial charge in [-0.1, -0.05) is 12.1 Å². The number of aliphatic hydroxyl groups excluding tert-OH is 1. The Balaban J connectivity index is 1.58. The van der Waals surface area contributed by atoms with Gasteiger partial charge in [0.1, 0.15) is 17.5 Å². The van der Waals surface area contributed by atoms with Crippen LogP contribution in [0.2, 0.25) is 0 Å². The molecule has 2 heterocycles. The maximum Gasteiger partial charge on any atom is 0.147 e. The molecular formula is C17H21FN4O. The molecule has 0 unspecified atom stereocenters. The lowest BCUT2D eigenvalue weighted by molar-refractivity contribution is 0.170. The maximum absolute atomic E-state index is 13.2. The first-order chi connectivity index (χ1) is 11.1. The Morgan fingerprint density at radius 2 is 1.96 bits per heavy atom. The fourth-order valence-electron chi connectivity index (χ4n) is 3.60. The Kier molecular flexibility index (Phi) is 3.66. The summed E-state index contributed by atoms with van der Waals surface area (Å²) in [4.78, 5) is 2.22. The lowest BCUT2D eigenvalue weighted by Crippen LogP contribution is -2.26. The number of hydrogen-bond acceptors (Lipinski definition) is 4. The van der Waals surface area contributed by atoms with Crippen LogP contribution in [0.4, 0.5) is 4.39 Å². The lowest BCUT2D eigenvalue weighted by atomic mass is 10.0. The molecule has 5 nitrogen and oxygen atoms in total. The number of rotatable bonds is 4. The van der Waals surface area contributed by atoms with Crippen molar-refractivity contribution in [1.82, 2.24) is 19.7 Å². The minimum absolute atomic E-state index is 0.0928. The largest absolute Gasteiger partial charge is 0.392 e. The minimum atomic E-state index is -0.358. The summed E-state index contributed by atoms with van der Waals surface area (Å²) >= 11 is 0. The van der Waals surface area contributed by atoms with Crippen molar-refractivity contribution in [3.8, 4) is 0 Å². The summed E-state index contributed by atoms with van der Waals surface area (Å²) in [6.45, 7) is 3.26. The third-order valence-corrected chi connectivity index (χ3v) is 4.83. The van der Waals surface area contributed by atoms with E-state index in [0.717, 1.165) is 17.2 Å². The van der Waals surface area contributed by atoms with Crippen LogP contribution in [-0.4, -0.2) is 37.4 Å². The normalized spacial score (nSPS) is 25.2. The van der Waals surface area contributed by atoms with Gasteiger partial charge in [0.2, 0.25) is 0 Å². The van der Waals surface area contributed by atoms with Gasteiger partial charge in [-0.05, 0) is 43.9 Å². The highest BCUT2D eigenvalue weighted by Crippen LogP contribution is 2.38. The second-order valence-electron chi connectivity index (χ2n) is 6.65. The van der Waals surface area contributed by atoms with Gasteiger partial charge in [-0.2, -0.15) is 0 Å². The molecule has 6 heteroatoms. The number of likely N-dealkylation sites (tertiary alicyclic amines) is 1. The molecule has 1 aromatic heterocycles. The molecular weight excluding hydrogens is 295 g/mol. The standard InChI is InChI=1S/C17H21FN4O/c1-11-19-20-17(22(11)14-6-7-14)10-21-9-15(23)8-16(21)12-2-4-13(18)5-3-12/h2-5,14-16,23H,6-10H2,1H3/t15-,16+/m1/s1. The molecule has 2 aliphatic rings. The first-order valence-corrected chi connectivity index (χ1v) is 8.20. The monoisotopic (exact) mass is 316 g/mol. The zero-order chi connectivity index (χ0) is 16.0. The molecule has 1 aromatic carbocycles. The predicted octanol–water partition coefficient (Wildman–Crippen LogP) is 2.37. The Morgan fingerprint density at radius 3 is 2.65 bits per heavy atom. The zero-order valence-corrected chi connectivity index (χ0v) is 13.2. The van der Waals surface area contributed by atoms with Crippen LogP contribution in [-0.2, 0) is 6.54 Å². The van der Waals surface area contributed by atoms with Gasteiger partial charge >= 0.3 is 0 Å². The van der Waals surface area contributed by atoms with E-state index < -0.39 is 0 Å². The van der Waals surface area contributed by atoms with E-state index in [1.54, 1.807) is 0 Å². The van der Waals surface area contributed by atoms with Crippen molar-refractivity contribution in [2.24, 2.45) is 0 Å². The van der Waals surface area contributed by atoms with Gasteiger partial charge in [0.25, 0.3) is 0 Å². The molecule has 0 amide bonds. The third-order valence-electron chi connectivity index (χ3n) is 4.83. The van der Waals surface area contributed by atoms with E-state index in [2.05, 4.69) is 19.7 Å². The van der Waals surface area contributed by atoms with Crippen molar-refractivity contribution in [1.29, 1.82) is 0 Å². The van der Waals surface area contributed by atoms with E-state index in [-0.39, 0.29) is 18.0 Å². The number of nitrogens with zero attached hydrogens (tertiary/aromatic N) is 4. The van der Waals surface area contributed by atoms with Crippen LogP contribution in [0.25, 0.3) is 0 Å². The summed E-state index contributed by atoms with van der Waals surface area (Å²) in [6.07, 6.45) is 2.69. The molecule has 2 fully saturated rings. The lowest BCUT2D eigenvalue weighted by Gasteiger charge is -2.24. The molecule has 1 aliphatic heterocycles. The van der Waals surface area contributed by atoms with Crippen molar-refractivity contribution < 1.29 is 9.50 Å². The smallest absolute Gasteiger partial charge is 0.147 e. The number of aromatic nitrogens is 3. The average Bonchev–Trinajstić information content (AvgIpc) is 3.20. The molecule has 0 spiro atoms. The molecule has 0 radical (unpaired) electrons. The molecule has 1 N–H and O–H groups in total. The van der Waals surface area contributed by atoms with Crippen LogP contribution in [0.5, 0.6) is 0 Å². The quantitative estimate of drug-likeness (QED) is 0.941. The van der Waals surface area contributed by atoms with E-state index in [9.17, 15) is 9.50 Å². The van der Waals surface area contributed by atoms with Gasteiger partial charge in [-0.25, -0.2) is 4.39 Å². The minimum Gasteiger partial charge on any atom is -0.392 e. The van der Waals surface area contributed by atoms with Crippen LogP contribution < -0.4 is 0 Å². The number of hydrogen-bond donors (Lipinski definition) is 1. The first-order valence-electron chi connectivity index (χ1n) is 8.20. The van der Waals surface area contributed by atoms with Gasteiger partial charge in [-0.3, -0.25) is 4.90 Å². The fourth-order valence-corrected chi connectivity index (χ4v) is 3.60. The Bertz CT molecular complexity index is 695. The molecule has 122 valence electrons. The Morgan fingerprint density at radius 1 is 1.22 bits per heavy atom. The zero-order valence-electron chi connectivity index (χ0n) is 13.2. The van der Waals surface area contributed by atoms with Crippen LogP contribution in [0.3, 0.4) is 0 Å². The van der Waals surface area contributed by atoms with Crippen molar-refractivity contribution in [3.63, 3.8) is 0 Å². The maximum atomic E-state index is 13.2. The Labute approximate surface area is 134 Å². The van der Waals surface area contributed by atoms with Crippen molar-refractivity contribution in [2.45, 2.75) is 50.9 Å². The molecule has 1 saturated carbocycles. The molecule has 4 rings (SSSR count). The van der Waals surface area contributed by atoms with Gasteiger partial charge in [0, 0.05) is 18.6 Å².